The van der Waals surface area contributed by atoms with Crippen LogP contribution in [0.25, 0.3) is 0 Å². The van der Waals surface area contributed by atoms with Gasteiger partial charge in [-0.2, -0.15) is 0 Å². The minimum absolute atomic E-state index is 0.235. The Morgan fingerprint density at radius 1 is 0.340 bits per heavy atom. The van der Waals surface area contributed by atoms with Crippen LogP contribution in [0.5, 0.6) is 0 Å². The van der Waals surface area contributed by atoms with Gasteiger partial charge in [0.15, 0.2) is 18.9 Å². The number of nitrogens with one attached hydrogen (secondary N) is 1. The van der Waals surface area contributed by atoms with Crippen LogP contribution in [-0.2, 0) is 33.2 Å². The van der Waals surface area contributed by atoms with E-state index in [0.717, 1.165) is 44.9 Å². The first-order chi connectivity index (χ1) is 45.8. The van der Waals surface area contributed by atoms with Gasteiger partial charge in [-0.25, -0.2) is 0 Å². The highest BCUT2D eigenvalue weighted by molar-refractivity contribution is 5.76. The first kappa shape index (κ1) is 87.0. The van der Waals surface area contributed by atoms with E-state index in [1.165, 1.54) is 263 Å². The molecule has 19 heteroatoms. The molecule has 3 aliphatic rings. The lowest BCUT2D eigenvalue weighted by molar-refractivity contribution is -0.379. The summed E-state index contributed by atoms with van der Waals surface area (Å²) in [5.74, 6) is -0.235. The molecule has 3 fully saturated rings. The van der Waals surface area contributed by atoms with Gasteiger partial charge in [-0.1, -0.05) is 322 Å². The maximum atomic E-state index is 13.4. The van der Waals surface area contributed by atoms with Gasteiger partial charge in [0.05, 0.1) is 38.6 Å². The number of amides is 1. The van der Waals surface area contributed by atoms with Crippen LogP contribution >= 0.6 is 0 Å². The fourth-order valence-corrected chi connectivity index (χ4v) is 13.8. The third kappa shape index (κ3) is 38.0. The Morgan fingerprint density at radius 2 is 0.606 bits per heavy atom. The normalized spacial score (nSPS) is 27.3. The van der Waals surface area contributed by atoms with Crippen LogP contribution < -0.4 is 5.32 Å². The summed E-state index contributed by atoms with van der Waals surface area (Å²) in [5.41, 5.74) is 0. The molecule has 0 saturated carbocycles. The SMILES string of the molecule is CCCCCCCCCCCCCCCCCCCCCCCCCCCCCCCCCCCCCCCC(=O)NC(COC1OC(CO)C(OC2OC(CO)C(OC3OC(CO)C(O)C(O)C3O)C(O)C2O)C(O)C1O)C(O)CCCCCCCCCCCCCC. The molecule has 0 spiro atoms. The molecule has 17 atom stereocenters. The standard InChI is InChI=1S/C75H145NO18/c1-3-5-7-9-11-13-15-17-18-19-20-21-22-23-24-25-26-27-28-29-30-31-32-33-34-35-36-37-38-39-40-41-43-45-47-49-51-53-63(81)76-58(59(80)52-50-48-46-44-42-16-14-12-10-8-6-4-2)57-89-73-69(87)66(84)71(61(55-78)91-73)94-75-70(88)67(85)72(62(56-79)92-75)93-74-68(86)65(83)64(82)60(54-77)90-74/h58-62,64-75,77-80,82-88H,3-57H2,1-2H3,(H,76,81). The molecule has 19 nitrogen and oxygen atoms in total. The second-order valence-corrected chi connectivity index (χ2v) is 28.5. The zero-order valence-electron chi connectivity index (χ0n) is 59.5. The summed E-state index contributed by atoms with van der Waals surface area (Å²) in [6.07, 6.45) is 38.1. The third-order valence-corrected chi connectivity index (χ3v) is 20.2. The summed E-state index contributed by atoms with van der Waals surface area (Å²) in [7, 11) is 0. The highest BCUT2D eigenvalue weighted by Crippen LogP contribution is 2.33. The maximum absolute atomic E-state index is 13.4. The molecule has 0 bridgehead atoms. The molecule has 3 aliphatic heterocycles. The largest absolute Gasteiger partial charge is 0.394 e. The molecule has 558 valence electrons. The highest BCUT2D eigenvalue weighted by Gasteiger charge is 2.54. The van der Waals surface area contributed by atoms with Gasteiger partial charge in [0.1, 0.15) is 73.2 Å². The Bertz CT molecular complexity index is 1700. The van der Waals surface area contributed by atoms with Crippen LogP contribution in [0.4, 0.5) is 0 Å². The summed E-state index contributed by atoms with van der Waals surface area (Å²) in [4.78, 5) is 13.4. The van der Waals surface area contributed by atoms with Gasteiger partial charge >= 0.3 is 0 Å². The number of rotatable bonds is 63. The van der Waals surface area contributed by atoms with Gasteiger partial charge in [0.2, 0.25) is 5.91 Å². The van der Waals surface area contributed by atoms with Crippen molar-refractivity contribution < 1.29 is 89.4 Å². The molecule has 0 radical (unpaired) electrons. The van der Waals surface area contributed by atoms with Gasteiger partial charge in [-0.15, -0.1) is 0 Å². The van der Waals surface area contributed by atoms with E-state index in [-0.39, 0.29) is 18.9 Å². The Morgan fingerprint density at radius 3 is 0.926 bits per heavy atom. The Hall–Kier alpha value is -1.21. The van der Waals surface area contributed by atoms with Crippen molar-refractivity contribution in [3.05, 3.63) is 0 Å². The van der Waals surface area contributed by atoms with Crippen molar-refractivity contribution >= 4 is 5.91 Å². The van der Waals surface area contributed by atoms with Crippen LogP contribution in [0.1, 0.15) is 341 Å². The first-order valence-corrected chi connectivity index (χ1v) is 39.3. The molecule has 94 heavy (non-hydrogen) atoms. The van der Waals surface area contributed by atoms with Crippen molar-refractivity contribution in [2.75, 3.05) is 26.4 Å². The molecule has 3 heterocycles. The van der Waals surface area contributed by atoms with Crippen molar-refractivity contribution in [1.82, 2.24) is 5.32 Å². The van der Waals surface area contributed by atoms with Gasteiger partial charge in [0.25, 0.3) is 0 Å². The number of aliphatic hydroxyl groups excluding tert-OH is 11. The molecule has 0 aliphatic carbocycles. The molecule has 3 saturated heterocycles. The lowest BCUT2D eigenvalue weighted by Crippen LogP contribution is -2.66. The van der Waals surface area contributed by atoms with E-state index in [9.17, 15) is 61.0 Å². The number of carbonyl (C=O) groups excluding carboxylic acids is 1. The van der Waals surface area contributed by atoms with Crippen LogP contribution in [-0.4, -0.2) is 193 Å². The Labute approximate surface area is 570 Å². The second kappa shape index (κ2) is 57.4. The van der Waals surface area contributed by atoms with Gasteiger partial charge in [0, 0.05) is 6.42 Å². The smallest absolute Gasteiger partial charge is 0.220 e. The lowest BCUT2D eigenvalue weighted by Gasteiger charge is -2.48. The van der Waals surface area contributed by atoms with Crippen molar-refractivity contribution in [1.29, 1.82) is 0 Å². The number of carbonyl (C=O) groups is 1. The fourth-order valence-electron chi connectivity index (χ4n) is 13.8. The van der Waals surface area contributed by atoms with Crippen molar-refractivity contribution in [3.63, 3.8) is 0 Å². The number of aliphatic hydroxyl groups is 11. The van der Waals surface area contributed by atoms with E-state index >= 15 is 0 Å². The summed E-state index contributed by atoms with van der Waals surface area (Å²) in [6, 6.07) is -0.881. The molecule has 1 amide bonds. The summed E-state index contributed by atoms with van der Waals surface area (Å²) in [6.45, 7) is 1.83. The van der Waals surface area contributed by atoms with E-state index in [0.29, 0.717) is 12.8 Å². The summed E-state index contributed by atoms with van der Waals surface area (Å²) >= 11 is 0. The zero-order valence-corrected chi connectivity index (χ0v) is 59.5. The Balaban J connectivity index is 1.27. The molecule has 0 aromatic rings. The van der Waals surface area contributed by atoms with E-state index < -0.39 is 124 Å². The van der Waals surface area contributed by atoms with Gasteiger partial charge in [-0.3, -0.25) is 4.79 Å². The third-order valence-electron chi connectivity index (χ3n) is 20.2. The van der Waals surface area contributed by atoms with Crippen molar-refractivity contribution in [2.45, 2.75) is 446 Å². The van der Waals surface area contributed by atoms with Crippen molar-refractivity contribution in [2.24, 2.45) is 0 Å². The lowest BCUT2D eigenvalue weighted by atomic mass is 9.96. The number of hydrogen-bond acceptors (Lipinski definition) is 18. The molecular formula is C75H145NO18. The number of hydrogen-bond donors (Lipinski definition) is 12. The molecule has 17 unspecified atom stereocenters. The first-order valence-electron chi connectivity index (χ1n) is 39.3. The van der Waals surface area contributed by atoms with E-state index in [1.54, 1.807) is 0 Å². The Kier molecular flexibility index (Phi) is 53.1. The average molecular weight is 1350 g/mol. The van der Waals surface area contributed by atoms with E-state index in [2.05, 4.69) is 19.2 Å². The average Bonchev–Trinajstić information content (AvgIpc) is 0.794. The van der Waals surface area contributed by atoms with Crippen LogP contribution in [0, 0.1) is 0 Å². The number of ether oxygens (including phenoxy) is 6. The van der Waals surface area contributed by atoms with Gasteiger partial charge in [-0.05, 0) is 12.8 Å². The quantitative estimate of drug-likeness (QED) is 0.0252. The van der Waals surface area contributed by atoms with Crippen LogP contribution in [0.3, 0.4) is 0 Å². The molecule has 0 aromatic carbocycles. The van der Waals surface area contributed by atoms with Crippen LogP contribution in [0.15, 0.2) is 0 Å². The zero-order chi connectivity index (χ0) is 68.2. The summed E-state index contributed by atoms with van der Waals surface area (Å²) in [5, 5.41) is 121. The minimum atomic E-state index is -1.97. The molecule has 12 N–H and O–H groups in total. The van der Waals surface area contributed by atoms with E-state index in [4.69, 9.17) is 28.4 Å². The maximum Gasteiger partial charge on any atom is 0.220 e. The minimum Gasteiger partial charge on any atom is -0.394 e. The van der Waals surface area contributed by atoms with Crippen LogP contribution in [0.2, 0.25) is 0 Å². The molecule has 0 aromatic heterocycles. The summed E-state index contributed by atoms with van der Waals surface area (Å²) < 4.78 is 34.4. The predicted octanol–water partition coefficient (Wildman–Crippen LogP) is 12.2. The second-order valence-electron chi connectivity index (χ2n) is 28.5. The predicted molar refractivity (Wildman–Crippen MR) is 370 cm³/mol. The highest BCUT2D eigenvalue weighted by atomic mass is 16.8. The number of unbranched alkanes of at least 4 members (excludes halogenated alkanes) is 47. The fraction of sp³-hybridized carbons (Fsp3) is 0.987. The van der Waals surface area contributed by atoms with E-state index in [1.807, 2.05) is 0 Å². The topological polar surface area (TPSA) is 307 Å². The monoisotopic (exact) mass is 1350 g/mol. The van der Waals surface area contributed by atoms with Crippen molar-refractivity contribution in [3.8, 4) is 0 Å². The molecule has 3 rings (SSSR count). The van der Waals surface area contributed by atoms with Gasteiger partial charge < -0.3 is 89.9 Å². The molecular weight excluding hydrogens is 1200 g/mol.